The van der Waals surface area contributed by atoms with Gasteiger partial charge in [-0.25, -0.2) is 4.79 Å². The molecule has 2 atom stereocenters. The van der Waals surface area contributed by atoms with E-state index < -0.39 is 12.3 Å². The summed E-state index contributed by atoms with van der Waals surface area (Å²) in [4.78, 5) is 37.2. The van der Waals surface area contributed by atoms with E-state index in [2.05, 4.69) is 5.32 Å². The van der Waals surface area contributed by atoms with E-state index in [1.165, 1.54) is 35.7 Å². The molecule has 0 saturated carbocycles. The fourth-order valence-electron chi connectivity index (χ4n) is 2.55. The number of amides is 2. The van der Waals surface area contributed by atoms with Gasteiger partial charge in [0.25, 0.3) is 5.91 Å². The first-order chi connectivity index (χ1) is 12.9. The smallest absolute Gasteiger partial charge is 0.361 e. The third-order valence-corrected chi connectivity index (χ3v) is 4.92. The van der Waals surface area contributed by atoms with Crippen molar-refractivity contribution in [2.24, 2.45) is 0 Å². The molecule has 1 saturated heterocycles. The summed E-state index contributed by atoms with van der Waals surface area (Å²) in [6.45, 7) is 1.29. The molecule has 2 aliphatic heterocycles. The normalized spacial score (nSPS) is 19.3. The second-order valence-electron chi connectivity index (χ2n) is 5.79. The van der Waals surface area contributed by atoms with Gasteiger partial charge in [0.05, 0.1) is 18.4 Å². The first-order valence-electron chi connectivity index (χ1n) is 8.19. The number of rotatable bonds is 7. The van der Waals surface area contributed by atoms with Crippen molar-refractivity contribution in [3.05, 3.63) is 40.6 Å². The summed E-state index contributed by atoms with van der Waals surface area (Å²) < 4.78 is 10.5. The summed E-state index contributed by atoms with van der Waals surface area (Å²) in [6.07, 6.45) is -1.03. The van der Waals surface area contributed by atoms with Gasteiger partial charge in [0.2, 0.25) is 5.91 Å². The highest BCUT2D eigenvalue weighted by Gasteiger charge is 2.50. The van der Waals surface area contributed by atoms with Crippen molar-refractivity contribution in [3.8, 4) is 5.75 Å². The first kappa shape index (κ1) is 19.2. The Kier molecular flexibility index (Phi) is 5.68. The van der Waals surface area contributed by atoms with Crippen LogP contribution in [-0.2, 0) is 14.3 Å². The number of carbonyl (C=O) groups excluding carboxylic acids is 3. The molecular formula is C17H18N2O7S. The van der Waals surface area contributed by atoms with Crippen molar-refractivity contribution in [3.63, 3.8) is 0 Å². The lowest BCUT2D eigenvalue weighted by atomic mass is 10.2. The predicted octanol–water partition coefficient (Wildman–Crippen LogP) is 0.143. The van der Waals surface area contributed by atoms with Gasteiger partial charge in [0.15, 0.2) is 17.1 Å². The summed E-state index contributed by atoms with van der Waals surface area (Å²) in [6, 6.07) is 6.18. The minimum absolute atomic E-state index is 0.0353. The van der Waals surface area contributed by atoms with Crippen molar-refractivity contribution < 1.29 is 34.1 Å². The van der Waals surface area contributed by atoms with Gasteiger partial charge < -0.3 is 25.0 Å². The Hall–Kier alpha value is -2.56. The van der Waals surface area contributed by atoms with Crippen molar-refractivity contribution >= 4 is 29.5 Å². The Bertz CT molecular complexity index is 791. The maximum absolute atomic E-state index is 12.2. The standard InChI is InChI=1S/C17H18N2O7S/c1-9(21)25-16(24)14-17(27-13-8-12(22)19(13)14)26-11-4-2-10(3-5-11)15(23)18-6-7-20/h2-5,9,13,20-21H,6-8H2,1H3,(H,18,23)/t9-,13-/m1/s1. The third kappa shape index (κ3) is 4.07. The van der Waals surface area contributed by atoms with Crippen LogP contribution in [0.15, 0.2) is 35.1 Å². The van der Waals surface area contributed by atoms with Crippen LogP contribution in [0.3, 0.4) is 0 Å². The molecule has 3 N–H and O–H groups in total. The highest BCUT2D eigenvalue weighted by Crippen LogP contribution is 2.46. The Morgan fingerprint density at radius 2 is 2.07 bits per heavy atom. The second kappa shape index (κ2) is 7.99. The monoisotopic (exact) mass is 394 g/mol. The number of aliphatic hydroxyl groups excluding tert-OH is 2. The molecule has 0 bridgehead atoms. The van der Waals surface area contributed by atoms with Crippen LogP contribution < -0.4 is 10.1 Å². The largest absolute Gasteiger partial charge is 0.448 e. The molecule has 0 unspecified atom stereocenters. The molecule has 1 aromatic rings. The average Bonchev–Trinajstić information content (AvgIpc) is 2.91. The summed E-state index contributed by atoms with van der Waals surface area (Å²) in [5, 5.41) is 20.5. The second-order valence-corrected chi connectivity index (χ2v) is 6.94. The zero-order chi connectivity index (χ0) is 19.6. The van der Waals surface area contributed by atoms with Crippen molar-refractivity contribution in [2.45, 2.75) is 25.0 Å². The van der Waals surface area contributed by atoms with E-state index in [0.717, 1.165) is 0 Å². The zero-order valence-electron chi connectivity index (χ0n) is 14.4. The molecule has 0 aliphatic carbocycles. The molecule has 2 aliphatic rings. The molecule has 1 fully saturated rings. The molecule has 1 aromatic carbocycles. The molecule has 2 amide bonds. The number of aliphatic hydroxyl groups is 2. The maximum atomic E-state index is 12.2. The van der Waals surface area contributed by atoms with E-state index in [0.29, 0.717) is 11.3 Å². The molecule has 0 spiro atoms. The fraction of sp³-hybridized carbons (Fsp3) is 0.353. The average molecular weight is 394 g/mol. The first-order valence-corrected chi connectivity index (χ1v) is 9.07. The van der Waals surface area contributed by atoms with Gasteiger partial charge in [-0.2, -0.15) is 0 Å². The van der Waals surface area contributed by atoms with Gasteiger partial charge >= 0.3 is 5.97 Å². The molecule has 0 radical (unpaired) electrons. The van der Waals surface area contributed by atoms with E-state index >= 15 is 0 Å². The summed E-state index contributed by atoms with van der Waals surface area (Å²) in [7, 11) is 0. The Labute approximate surface area is 158 Å². The zero-order valence-corrected chi connectivity index (χ0v) is 15.2. The number of ether oxygens (including phenoxy) is 2. The SMILES string of the molecule is C[C@H](O)OC(=O)C1=C(Oc2ccc(C(=O)NCCO)cc2)S[C@@H]2CC(=O)N12. The Morgan fingerprint density at radius 1 is 1.37 bits per heavy atom. The van der Waals surface area contributed by atoms with Crippen molar-refractivity contribution in [1.82, 2.24) is 10.2 Å². The quantitative estimate of drug-likeness (QED) is 0.339. The number of nitrogens with zero attached hydrogens (tertiary/aromatic N) is 1. The lowest BCUT2D eigenvalue weighted by molar-refractivity contribution is -0.165. The van der Waals surface area contributed by atoms with Gasteiger partial charge in [-0.05, 0) is 31.2 Å². The van der Waals surface area contributed by atoms with Gasteiger partial charge in [-0.1, -0.05) is 11.8 Å². The number of β-lactam (4-membered cyclic amide) rings is 1. The van der Waals surface area contributed by atoms with Crippen LogP contribution in [0, 0.1) is 0 Å². The molecule has 144 valence electrons. The molecule has 9 nitrogen and oxygen atoms in total. The van der Waals surface area contributed by atoms with E-state index in [9.17, 15) is 19.5 Å². The number of fused-ring (bicyclic) bond motifs is 1. The number of esters is 1. The number of hydrogen-bond acceptors (Lipinski definition) is 8. The van der Waals surface area contributed by atoms with E-state index in [1.54, 1.807) is 12.1 Å². The summed E-state index contributed by atoms with van der Waals surface area (Å²) >= 11 is 1.22. The van der Waals surface area contributed by atoms with Crippen molar-refractivity contribution in [1.29, 1.82) is 0 Å². The lowest BCUT2D eigenvalue weighted by Crippen LogP contribution is -2.48. The lowest BCUT2D eigenvalue weighted by Gasteiger charge is -2.33. The van der Waals surface area contributed by atoms with Crippen LogP contribution in [0.4, 0.5) is 0 Å². The van der Waals surface area contributed by atoms with Crippen LogP contribution in [0.2, 0.25) is 0 Å². The number of hydrogen-bond donors (Lipinski definition) is 3. The molecule has 3 rings (SSSR count). The van der Waals surface area contributed by atoms with E-state index in [4.69, 9.17) is 14.6 Å². The highest BCUT2D eigenvalue weighted by molar-refractivity contribution is 8.03. The Morgan fingerprint density at radius 3 is 2.67 bits per heavy atom. The number of benzene rings is 1. The molecule has 10 heteroatoms. The third-order valence-electron chi connectivity index (χ3n) is 3.78. The van der Waals surface area contributed by atoms with Gasteiger partial charge in [0, 0.05) is 12.1 Å². The van der Waals surface area contributed by atoms with Crippen LogP contribution >= 0.6 is 11.8 Å². The van der Waals surface area contributed by atoms with Crippen LogP contribution in [-0.4, -0.2) is 57.7 Å². The van der Waals surface area contributed by atoms with Crippen LogP contribution in [0.1, 0.15) is 23.7 Å². The predicted molar refractivity (Wildman–Crippen MR) is 94.1 cm³/mol. The molecule has 27 heavy (non-hydrogen) atoms. The van der Waals surface area contributed by atoms with E-state index in [1.807, 2.05) is 0 Å². The molecule has 2 heterocycles. The van der Waals surface area contributed by atoms with Gasteiger partial charge in [-0.3, -0.25) is 14.5 Å². The highest BCUT2D eigenvalue weighted by atomic mass is 32.2. The summed E-state index contributed by atoms with van der Waals surface area (Å²) in [5.41, 5.74) is 0.350. The van der Waals surface area contributed by atoms with Gasteiger partial charge in [0.1, 0.15) is 5.75 Å². The van der Waals surface area contributed by atoms with Gasteiger partial charge in [-0.15, -0.1) is 0 Å². The molecular weight excluding hydrogens is 376 g/mol. The number of thioether (sulfide) groups is 1. The van der Waals surface area contributed by atoms with E-state index in [-0.39, 0.29) is 47.5 Å². The minimum atomic E-state index is -1.32. The topological polar surface area (TPSA) is 125 Å². The number of carbonyl (C=O) groups is 3. The molecule has 0 aromatic heterocycles. The minimum Gasteiger partial charge on any atom is -0.448 e. The Balaban J connectivity index is 1.76. The van der Waals surface area contributed by atoms with Crippen molar-refractivity contribution in [2.75, 3.05) is 13.2 Å². The maximum Gasteiger partial charge on any atom is 0.361 e. The number of nitrogens with one attached hydrogen (secondary N) is 1. The summed E-state index contributed by atoms with van der Waals surface area (Å²) in [5.74, 6) is -1.03. The van der Waals surface area contributed by atoms with Crippen LogP contribution in [0.5, 0.6) is 5.75 Å². The fourth-order valence-corrected chi connectivity index (χ4v) is 3.78. The van der Waals surface area contributed by atoms with Crippen LogP contribution in [0.25, 0.3) is 0 Å².